The lowest BCUT2D eigenvalue weighted by Gasteiger charge is -2.24. The molecular weight excluding hydrogens is 286 g/mol. The first kappa shape index (κ1) is 13.8. The maximum Gasteiger partial charge on any atom is 0.307 e. The molecule has 2 aromatic rings. The van der Waals surface area contributed by atoms with Gasteiger partial charge in [-0.3, -0.25) is 9.59 Å². The van der Waals surface area contributed by atoms with Crippen LogP contribution in [0.5, 0.6) is 0 Å². The Hall–Kier alpha value is -2.14. The van der Waals surface area contributed by atoms with Crippen LogP contribution in [0.3, 0.4) is 0 Å². The monoisotopic (exact) mass is 301 g/mol. The van der Waals surface area contributed by atoms with E-state index in [1.54, 1.807) is 11.3 Å². The number of fused-ring (bicyclic) bond motifs is 1. The molecule has 0 aliphatic heterocycles. The third-order valence-corrected chi connectivity index (χ3v) is 4.70. The molecular formula is C16H15NO3S. The summed E-state index contributed by atoms with van der Waals surface area (Å²) in [5, 5.41) is 15.2. The van der Waals surface area contributed by atoms with Crippen LogP contribution in [0, 0.1) is 11.8 Å². The summed E-state index contributed by atoms with van der Waals surface area (Å²) in [6.07, 6.45) is 4.60. The standard InChI is InChI=1S/C16H15NO3S/c18-15(12-3-1-2-4-13(12)16(19)20)17-11-5-6-14-10(9-11)7-8-21-14/h1-2,5-9,12-13H,3-4H2,(H,17,18)(H,19,20)/t12-,13+/m1/s1. The Balaban J connectivity index is 1.78. The summed E-state index contributed by atoms with van der Waals surface area (Å²) in [6.45, 7) is 0. The van der Waals surface area contributed by atoms with Crippen molar-refractivity contribution in [1.29, 1.82) is 0 Å². The van der Waals surface area contributed by atoms with Crippen LogP contribution in [0.4, 0.5) is 5.69 Å². The molecule has 1 amide bonds. The van der Waals surface area contributed by atoms with Gasteiger partial charge in [-0.15, -0.1) is 11.3 Å². The van der Waals surface area contributed by atoms with Crippen molar-refractivity contribution in [3.05, 3.63) is 41.8 Å². The number of carbonyl (C=O) groups excluding carboxylic acids is 1. The lowest BCUT2D eigenvalue weighted by molar-refractivity contribution is -0.146. The van der Waals surface area contributed by atoms with Gasteiger partial charge in [0.1, 0.15) is 0 Å². The second kappa shape index (κ2) is 5.69. The van der Waals surface area contributed by atoms with E-state index in [2.05, 4.69) is 5.32 Å². The number of amides is 1. The van der Waals surface area contributed by atoms with Crippen molar-refractivity contribution in [1.82, 2.24) is 0 Å². The lowest BCUT2D eigenvalue weighted by atomic mass is 9.82. The number of allylic oxidation sites excluding steroid dienone is 2. The number of thiophene rings is 1. The Kier molecular flexibility index (Phi) is 3.75. The van der Waals surface area contributed by atoms with Gasteiger partial charge in [-0.05, 0) is 47.9 Å². The molecule has 0 bridgehead atoms. The number of aliphatic carboxylic acids is 1. The lowest BCUT2D eigenvalue weighted by Crippen LogP contribution is -2.34. The molecule has 1 aromatic carbocycles. The van der Waals surface area contributed by atoms with E-state index in [1.165, 1.54) is 0 Å². The summed E-state index contributed by atoms with van der Waals surface area (Å²) in [7, 11) is 0. The zero-order valence-electron chi connectivity index (χ0n) is 11.3. The molecule has 1 aliphatic rings. The molecule has 3 rings (SSSR count). The van der Waals surface area contributed by atoms with E-state index in [0.29, 0.717) is 18.5 Å². The van der Waals surface area contributed by atoms with Gasteiger partial charge in [0.25, 0.3) is 0 Å². The van der Waals surface area contributed by atoms with Crippen molar-refractivity contribution in [2.75, 3.05) is 5.32 Å². The van der Waals surface area contributed by atoms with Gasteiger partial charge in [-0.1, -0.05) is 12.2 Å². The van der Waals surface area contributed by atoms with Crippen molar-refractivity contribution in [2.45, 2.75) is 12.8 Å². The van der Waals surface area contributed by atoms with Gasteiger partial charge >= 0.3 is 5.97 Å². The first-order valence-electron chi connectivity index (χ1n) is 6.81. The minimum atomic E-state index is -0.909. The van der Waals surface area contributed by atoms with Gasteiger partial charge in [-0.25, -0.2) is 0 Å². The number of carboxylic acid groups (broad SMARTS) is 1. The Morgan fingerprint density at radius 3 is 2.67 bits per heavy atom. The number of hydrogen-bond donors (Lipinski definition) is 2. The predicted octanol–water partition coefficient (Wildman–Crippen LogP) is 3.51. The SMILES string of the molecule is O=C(O)[C@H]1CC=CC[C@H]1C(=O)Nc1ccc2sccc2c1. The van der Waals surface area contributed by atoms with Crippen molar-refractivity contribution < 1.29 is 14.7 Å². The zero-order valence-corrected chi connectivity index (χ0v) is 12.1. The van der Waals surface area contributed by atoms with Gasteiger partial charge < -0.3 is 10.4 Å². The number of carbonyl (C=O) groups is 2. The van der Waals surface area contributed by atoms with Crippen LogP contribution in [0.2, 0.25) is 0 Å². The highest BCUT2D eigenvalue weighted by Gasteiger charge is 2.33. The fraction of sp³-hybridized carbons (Fsp3) is 0.250. The molecule has 0 saturated heterocycles. The maximum absolute atomic E-state index is 12.4. The van der Waals surface area contributed by atoms with E-state index >= 15 is 0 Å². The number of carboxylic acids is 1. The molecule has 5 heteroatoms. The molecule has 1 aromatic heterocycles. The van der Waals surface area contributed by atoms with E-state index in [-0.39, 0.29) is 5.91 Å². The van der Waals surface area contributed by atoms with Gasteiger partial charge in [0.05, 0.1) is 11.8 Å². The summed E-state index contributed by atoms with van der Waals surface area (Å²) < 4.78 is 1.16. The van der Waals surface area contributed by atoms with Crippen LogP contribution < -0.4 is 5.32 Å². The minimum absolute atomic E-state index is 0.221. The summed E-state index contributed by atoms with van der Waals surface area (Å²) in [5.41, 5.74) is 0.713. The van der Waals surface area contributed by atoms with Crippen molar-refractivity contribution >= 4 is 39.0 Å². The Bertz CT molecular complexity index is 719. The highest BCUT2D eigenvalue weighted by atomic mass is 32.1. The number of benzene rings is 1. The predicted molar refractivity (Wildman–Crippen MR) is 83.4 cm³/mol. The number of nitrogens with one attached hydrogen (secondary N) is 1. The van der Waals surface area contributed by atoms with E-state index in [4.69, 9.17) is 0 Å². The minimum Gasteiger partial charge on any atom is -0.481 e. The number of anilines is 1. The van der Waals surface area contributed by atoms with Crippen LogP contribution in [-0.4, -0.2) is 17.0 Å². The second-order valence-corrected chi connectivity index (χ2v) is 6.10. The molecule has 1 heterocycles. The Morgan fingerprint density at radius 1 is 1.14 bits per heavy atom. The van der Waals surface area contributed by atoms with Crippen molar-refractivity contribution in [2.24, 2.45) is 11.8 Å². The van der Waals surface area contributed by atoms with Crippen LogP contribution in [0.15, 0.2) is 41.8 Å². The molecule has 0 spiro atoms. The molecule has 108 valence electrons. The molecule has 2 atom stereocenters. The summed E-state index contributed by atoms with van der Waals surface area (Å²) >= 11 is 1.65. The van der Waals surface area contributed by atoms with Gasteiger partial charge in [0, 0.05) is 10.4 Å². The molecule has 21 heavy (non-hydrogen) atoms. The maximum atomic E-state index is 12.4. The average molecular weight is 301 g/mol. The highest BCUT2D eigenvalue weighted by Crippen LogP contribution is 2.28. The summed E-state index contributed by atoms with van der Waals surface area (Å²) in [6, 6.07) is 7.73. The molecule has 0 radical (unpaired) electrons. The molecule has 1 aliphatic carbocycles. The Morgan fingerprint density at radius 2 is 1.90 bits per heavy atom. The van der Waals surface area contributed by atoms with Gasteiger partial charge in [-0.2, -0.15) is 0 Å². The van der Waals surface area contributed by atoms with Gasteiger partial charge in [0.15, 0.2) is 0 Å². The fourth-order valence-electron chi connectivity index (χ4n) is 2.66. The summed E-state index contributed by atoms with van der Waals surface area (Å²) in [5.74, 6) is -2.28. The van der Waals surface area contributed by atoms with Crippen molar-refractivity contribution in [3.63, 3.8) is 0 Å². The smallest absolute Gasteiger partial charge is 0.307 e. The largest absolute Gasteiger partial charge is 0.481 e. The molecule has 0 fully saturated rings. The number of rotatable bonds is 3. The first-order chi connectivity index (χ1) is 10.1. The quantitative estimate of drug-likeness (QED) is 0.853. The van der Waals surface area contributed by atoms with Crippen LogP contribution >= 0.6 is 11.3 Å². The van der Waals surface area contributed by atoms with Crippen LogP contribution in [0.25, 0.3) is 10.1 Å². The van der Waals surface area contributed by atoms with Gasteiger partial charge in [0.2, 0.25) is 5.91 Å². The van der Waals surface area contributed by atoms with E-state index in [9.17, 15) is 14.7 Å². The van der Waals surface area contributed by atoms with E-state index in [1.807, 2.05) is 41.8 Å². The third kappa shape index (κ3) is 2.83. The number of hydrogen-bond acceptors (Lipinski definition) is 3. The van der Waals surface area contributed by atoms with E-state index < -0.39 is 17.8 Å². The highest BCUT2D eigenvalue weighted by molar-refractivity contribution is 7.17. The third-order valence-electron chi connectivity index (χ3n) is 3.81. The summed E-state index contributed by atoms with van der Waals surface area (Å²) in [4.78, 5) is 23.6. The molecule has 4 nitrogen and oxygen atoms in total. The normalized spacial score (nSPS) is 21.3. The van der Waals surface area contributed by atoms with Crippen molar-refractivity contribution in [3.8, 4) is 0 Å². The van der Waals surface area contributed by atoms with Crippen LogP contribution in [-0.2, 0) is 9.59 Å². The second-order valence-electron chi connectivity index (χ2n) is 5.16. The molecule has 0 unspecified atom stereocenters. The van der Waals surface area contributed by atoms with Crippen LogP contribution in [0.1, 0.15) is 12.8 Å². The topological polar surface area (TPSA) is 66.4 Å². The fourth-order valence-corrected chi connectivity index (χ4v) is 3.43. The first-order valence-corrected chi connectivity index (χ1v) is 7.69. The average Bonchev–Trinajstić information content (AvgIpc) is 2.94. The molecule has 0 saturated carbocycles. The Labute approximate surface area is 126 Å². The molecule has 2 N–H and O–H groups in total. The zero-order chi connectivity index (χ0) is 14.8. The van der Waals surface area contributed by atoms with E-state index in [0.717, 1.165) is 10.1 Å².